The number of nitrogens with one attached hydrogen (secondary N) is 2. The third kappa shape index (κ3) is 1.40. The van der Waals surface area contributed by atoms with Crippen molar-refractivity contribution in [2.24, 2.45) is 17.8 Å². The SMILES string of the molecule is CC(C)(NC(=O)C1[C@H]2CNC[C@@H]12)c1c2c3c4c(cccn14)CC23. The number of hydrogen-bond acceptors (Lipinski definition) is 2. The van der Waals surface area contributed by atoms with Gasteiger partial charge in [-0.1, -0.05) is 6.07 Å². The number of hydrogen-bond donors (Lipinski definition) is 2. The molecule has 4 nitrogen and oxygen atoms in total. The Balaban J connectivity index is 1.37. The molecule has 6 rings (SSSR count). The molecule has 1 aliphatic heterocycles. The normalized spacial score (nSPS) is 32.3. The third-order valence-electron chi connectivity index (χ3n) is 6.58. The Labute approximate surface area is 135 Å². The summed E-state index contributed by atoms with van der Waals surface area (Å²) in [5.41, 5.74) is 6.94. The Morgan fingerprint density at radius 2 is 2.09 bits per heavy atom. The molecule has 2 unspecified atom stereocenters. The molecule has 4 heteroatoms. The van der Waals surface area contributed by atoms with Gasteiger partial charge in [0.05, 0.1) is 16.7 Å². The predicted octanol–water partition coefficient (Wildman–Crippen LogP) is 1.76. The summed E-state index contributed by atoms with van der Waals surface area (Å²) in [5, 5.41) is 6.74. The number of amides is 1. The molecule has 0 bridgehead atoms. The molecule has 2 N–H and O–H groups in total. The lowest BCUT2D eigenvalue weighted by atomic mass is 9.97. The highest BCUT2D eigenvalue weighted by molar-refractivity contribution is 5.86. The van der Waals surface area contributed by atoms with E-state index in [1.165, 1.54) is 22.3 Å². The van der Waals surface area contributed by atoms with E-state index in [0.29, 0.717) is 17.8 Å². The van der Waals surface area contributed by atoms with Crippen LogP contribution in [0.3, 0.4) is 0 Å². The van der Waals surface area contributed by atoms with Crippen LogP contribution in [0.5, 0.6) is 0 Å². The quantitative estimate of drug-likeness (QED) is 0.907. The fraction of sp³-hybridized carbons (Fsp3) is 0.526. The smallest absolute Gasteiger partial charge is 0.224 e. The molecule has 0 aromatic carbocycles. The summed E-state index contributed by atoms with van der Waals surface area (Å²) in [7, 11) is 0. The van der Waals surface area contributed by atoms with E-state index in [-0.39, 0.29) is 17.4 Å². The molecule has 0 spiro atoms. The molecular weight excluding hydrogens is 286 g/mol. The van der Waals surface area contributed by atoms with E-state index in [1.54, 1.807) is 5.56 Å². The monoisotopic (exact) mass is 307 g/mol. The van der Waals surface area contributed by atoms with Crippen molar-refractivity contribution < 1.29 is 4.79 Å². The van der Waals surface area contributed by atoms with E-state index in [2.05, 4.69) is 47.2 Å². The zero-order chi connectivity index (χ0) is 15.5. The molecule has 23 heavy (non-hydrogen) atoms. The number of piperidine rings is 1. The molecule has 2 fully saturated rings. The van der Waals surface area contributed by atoms with Crippen molar-refractivity contribution in [3.63, 3.8) is 0 Å². The zero-order valence-corrected chi connectivity index (χ0v) is 13.5. The van der Waals surface area contributed by atoms with Crippen LogP contribution in [0.15, 0.2) is 18.3 Å². The van der Waals surface area contributed by atoms with Crippen LogP contribution in [0.25, 0.3) is 5.52 Å². The first-order chi connectivity index (χ1) is 11.1. The first-order valence-corrected chi connectivity index (χ1v) is 8.77. The minimum atomic E-state index is -0.310. The maximum Gasteiger partial charge on any atom is 0.224 e. The van der Waals surface area contributed by atoms with Crippen molar-refractivity contribution in [3.05, 3.63) is 40.7 Å². The van der Waals surface area contributed by atoms with E-state index in [4.69, 9.17) is 0 Å². The third-order valence-corrected chi connectivity index (χ3v) is 6.58. The van der Waals surface area contributed by atoms with Crippen LogP contribution in [0.1, 0.15) is 42.1 Å². The largest absolute Gasteiger partial charge is 0.345 e. The van der Waals surface area contributed by atoms with Gasteiger partial charge in [0.2, 0.25) is 5.91 Å². The van der Waals surface area contributed by atoms with Crippen LogP contribution in [-0.2, 0) is 16.8 Å². The van der Waals surface area contributed by atoms with Gasteiger partial charge >= 0.3 is 0 Å². The van der Waals surface area contributed by atoms with Gasteiger partial charge in [-0.2, -0.15) is 0 Å². The van der Waals surface area contributed by atoms with Gasteiger partial charge in [-0.25, -0.2) is 0 Å². The van der Waals surface area contributed by atoms with Gasteiger partial charge in [0.15, 0.2) is 0 Å². The lowest BCUT2D eigenvalue weighted by Crippen LogP contribution is -2.44. The Kier molecular flexibility index (Phi) is 1.99. The van der Waals surface area contributed by atoms with E-state index >= 15 is 0 Å². The Morgan fingerprint density at radius 1 is 1.30 bits per heavy atom. The number of rotatable bonds is 3. The Bertz CT molecular complexity index is 884. The van der Waals surface area contributed by atoms with Crippen molar-refractivity contribution in [1.29, 1.82) is 0 Å². The molecule has 1 saturated heterocycles. The van der Waals surface area contributed by atoms with Crippen LogP contribution >= 0.6 is 0 Å². The van der Waals surface area contributed by atoms with Gasteiger partial charge in [-0.15, -0.1) is 0 Å². The number of fused-ring (bicyclic) bond motifs is 2. The lowest BCUT2D eigenvalue weighted by Gasteiger charge is -2.28. The number of aromatic nitrogens is 1. The van der Waals surface area contributed by atoms with Gasteiger partial charge in [0.25, 0.3) is 0 Å². The topological polar surface area (TPSA) is 45.5 Å². The molecule has 118 valence electrons. The summed E-state index contributed by atoms with van der Waals surface area (Å²) in [6, 6.07) is 4.39. The molecule has 4 atom stereocenters. The van der Waals surface area contributed by atoms with Gasteiger partial charge in [-0.3, -0.25) is 4.79 Å². The highest BCUT2D eigenvalue weighted by Gasteiger charge is 2.58. The molecule has 2 aromatic rings. The van der Waals surface area contributed by atoms with Crippen LogP contribution < -0.4 is 10.6 Å². The highest BCUT2D eigenvalue weighted by atomic mass is 16.2. The van der Waals surface area contributed by atoms with Crippen LogP contribution in [0.4, 0.5) is 0 Å². The van der Waals surface area contributed by atoms with E-state index < -0.39 is 0 Å². The van der Waals surface area contributed by atoms with Crippen molar-refractivity contribution in [2.75, 3.05) is 13.1 Å². The number of nitrogens with zero attached hydrogens (tertiary/aromatic N) is 1. The number of pyridine rings is 1. The number of carbonyl (C=O) groups is 1. The molecule has 1 saturated carbocycles. The number of carbonyl (C=O) groups excluding carboxylic acids is 1. The van der Waals surface area contributed by atoms with E-state index in [1.807, 2.05) is 0 Å². The summed E-state index contributed by atoms with van der Waals surface area (Å²) in [6.45, 7) is 6.35. The van der Waals surface area contributed by atoms with Gasteiger partial charge in [0, 0.05) is 18.0 Å². The minimum Gasteiger partial charge on any atom is -0.345 e. The fourth-order valence-electron chi connectivity index (χ4n) is 5.51. The maximum atomic E-state index is 12.7. The summed E-state index contributed by atoms with van der Waals surface area (Å²) < 4.78 is 2.33. The second-order valence-corrected chi connectivity index (χ2v) is 8.31. The van der Waals surface area contributed by atoms with E-state index in [9.17, 15) is 4.79 Å². The standard InChI is InChI=1S/C19H21N3O/c1-19(2,21-18(23)13-11-7-20-8-12(11)13)17-15-10-6-9-4-3-5-22(17)16(9)14(10)15/h3-5,10-13,20H,6-8H2,1-2H3,(H,21,23)/t10?,11-,12+,13?. The summed E-state index contributed by atoms with van der Waals surface area (Å²) >= 11 is 0. The van der Waals surface area contributed by atoms with Crippen LogP contribution in [0.2, 0.25) is 0 Å². The van der Waals surface area contributed by atoms with Crippen molar-refractivity contribution in [3.8, 4) is 0 Å². The lowest BCUT2D eigenvalue weighted by molar-refractivity contribution is -0.124. The van der Waals surface area contributed by atoms with Crippen molar-refractivity contribution >= 4 is 11.4 Å². The second kappa shape index (κ2) is 3.64. The molecule has 1 amide bonds. The first kappa shape index (κ1) is 12.6. The predicted molar refractivity (Wildman–Crippen MR) is 87.5 cm³/mol. The Morgan fingerprint density at radius 3 is 2.87 bits per heavy atom. The maximum absolute atomic E-state index is 12.7. The molecule has 3 aliphatic carbocycles. The average Bonchev–Trinajstić information content (AvgIpc) is 3.16. The van der Waals surface area contributed by atoms with Gasteiger partial charge < -0.3 is 15.0 Å². The molecule has 0 radical (unpaired) electrons. The van der Waals surface area contributed by atoms with E-state index in [0.717, 1.165) is 19.5 Å². The van der Waals surface area contributed by atoms with Gasteiger partial charge in [-0.05, 0) is 68.0 Å². The average molecular weight is 307 g/mol. The minimum absolute atomic E-state index is 0.238. The highest BCUT2D eigenvalue weighted by Crippen LogP contribution is 2.59. The fourth-order valence-corrected chi connectivity index (χ4v) is 5.51. The zero-order valence-electron chi connectivity index (χ0n) is 13.5. The molecule has 3 heterocycles. The molecule has 4 aliphatic rings. The van der Waals surface area contributed by atoms with Gasteiger partial charge in [0.1, 0.15) is 0 Å². The first-order valence-electron chi connectivity index (χ1n) is 8.77. The summed E-state index contributed by atoms with van der Waals surface area (Å²) in [5.74, 6) is 2.28. The molecular formula is C19H21N3O. The summed E-state index contributed by atoms with van der Waals surface area (Å²) in [4.78, 5) is 12.7. The van der Waals surface area contributed by atoms with Crippen LogP contribution in [-0.4, -0.2) is 23.4 Å². The second-order valence-electron chi connectivity index (χ2n) is 8.31. The van der Waals surface area contributed by atoms with Crippen molar-refractivity contribution in [1.82, 2.24) is 15.0 Å². The molecule has 2 aromatic heterocycles. The Hall–Kier alpha value is -1.81. The summed E-state index contributed by atoms with van der Waals surface area (Å²) in [6.07, 6.45) is 3.32. The van der Waals surface area contributed by atoms with Crippen LogP contribution in [0, 0.1) is 17.8 Å². The van der Waals surface area contributed by atoms with Crippen molar-refractivity contribution in [2.45, 2.75) is 31.7 Å².